The van der Waals surface area contributed by atoms with Gasteiger partial charge in [0, 0.05) is 16.2 Å². The predicted molar refractivity (Wildman–Crippen MR) is 144 cm³/mol. The van der Waals surface area contributed by atoms with Crippen molar-refractivity contribution < 1.29 is 0 Å². The predicted octanol–water partition coefficient (Wildman–Crippen LogP) is 7.70. The number of pyridine rings is 1. The quantitative estimate of drug-likeness (QED) is 0.189. The van der Waals surface area contributed by atoms with Crippen molar-refractivity contribution in [3.8, 4) is 6.07 Å². The van der Waals surface area contributed by atoms with Crippen LogP contribution in [0.5, 0.6) is 0 Å². The largest absolute Gasteiger partial charge is 0.308 e. The molecule has 7 rings (SSSR count). The Balaban J connectivity index is 1.74. The van der Waals surface area contributed by atoms with E-state index < -0.39 is 0 Å². The van der Waals surface area contributed by atoms with Gasteiger partial charge in [0.2, 0.25) is 0 Å². The van der Waals surface area contributed by atoms with Crippen LogP contribution >= 0.6 is 0 Å². The molecular weight excluding hydrogens is 428 g/mol. The molecule has 4 heteroatoms. The van der Waals surface area contributed by atoms with Crippen LogP contribution < -0.4 is 0 Å². The van der Waals surface area contributed by atoms with Gasteiger partial charge in [0.05, 0.1) is 44.6 Å². The first-order valence-electron chi connectivity index (χ1n) is 12.0. The molecular formula is C31H24N4. The van der Waals surface area contributed by atoms with Crippen LogP contribution in [0.2, 0.25) is 0 Å². The van der Waals surface area contributed by atoms with E-state index in [0.717, 1.165) is 50.0 Å². The summed E-state index contributed by atoms with van der Waals surface area (Å²) in [5.74, 6) is 0. The van der Waals surface area contributed by atoms with Crippen molar-refractivity contribution >= 4 is 59.9 Å². The van der Waals surface area contributed by atoms with Crippen molar-refractivity contribution in [1.29, 1.82) is 5.26 Å². The minimum atomic E-state index is 0.229. The van der Waals surface area contributed by atoms with E-state index in [-0.39, 0.29) is 5.41 Å². The van der Waals surface area contributed by atoms with Crippen LogP contribution in [0, 0.1) is 23.7 Å². The van der Waals surface area contributed by atoms with Gasteiger partial charge in [-0.25, -0.2) is 9.97 Å². The molecule has 0 aliphatic carbocycles. The molecule has 0 N–H and O–H groups in total. The summed E-state index contributed by atoms with van der Waals surface area (Å²) in [5.41, 5.74) is 8.82. The number of aryl methyl sites for hydroxylation is 1. The SMILES string of the molecule is Cc1c2ccc(CC(C)(C)C)cc2cc2c3ncnc4ccc5c6cc(C#N)ccc6n(c12)c5c43. The van der Waals surface area contributed by atoms with Gasteiger partial charge in [0.1, 0.15) is 6.33 Å². The molecule has 3 heterocycles. The molecule has 35 heavy (non-hydrogen) atoms. The summed E-state index contributed by atoms with van der Waals surface area (Å²) in [6.07, 6.45) is 2.71. The van der Waals surface area contributed by atoms with E-state index in [1.54, 1.807) is 6.33 Å². The lowest BCUT2D eigenvalue weighted by molar-refractivity contribution is 0.411. The Morgan fingerprint density at radius 3 is 2.49 bits per heavy atom. The van der Waals surface area contributed by atoms with E-state index in [1.807, 2.05) is 12.1 Å². The molecule has 0 saturated heterocycles. The minimum Gasteiger partial charge on any atom is -0.308 e. The minimum absolute atomic E-state index is 0.229. The second kappa shape index (κ2) is 6.67. The van der Waals surface area contributed by atoms with E-state index in [9.17, 15) is 5.26 Å². The van der Waals surface area contributed by atoms with Gasteiger partial charge in [-0.15, -0.1) is 0 Å². The van der Waals surface area contributed by atoms with Gasteiger partial charge in [0.25, 0.3) is 0 Å². The van der Waals surface area contributed by atoms with Crippen LogP contribution in [0.25, 0.3) is 59.9 Å². The fourth-order valence-electron chi connectivity index (χ4n) is 5.98. The molecule has 3 aromatic heterocycles. The lowest BCUT2D eigenvalue weighted by atomic mass is 9.87. The normalized spacial score (nSPS) is 12.7. The van der Waals surface area contributed by atoms with Gasteiger partial charge >= 0.3 is 0 Å². The zero-order valence-electron chi connectivity index (χ0n) is 20.3. The summed E-state index contributed by atoms with van der Waals surface area (Å²) in [7, 11) is 0. The van der Waals surface area contributed by atoms with Gasteiger partial charge in [0.15, 0.2) is 0 Å². The second-order valence-corrected chi connectivity index (χ2v) is 10.9. The maximum absolute atomic E-state index is 9.55. The highest BCUT2D eigenvalue weighted by Gasteiger charge is 2.22. The molecule has 7 aromatic rings. The highest BCUT2D eigenvalue weighted by atomic mass is 14.9. The van der Waals surface area contributed by atoms with E-state index in [4.69, 9.17) is 4.98 Å². The molecule has 0 atom stereocenters. The lowest BCUT2D eigenvalue weighted by Gasteiger charge is -2.19. The zero-order valence-corrected chi connectivity index (χ0v) is 20.3. The average Bonchev–Trinajstić information content (AvgIpc) is 3.16. The third-order valence-electron chi connectivity index (χ3n) is 7.30. The van der Waals surface area contributed by atoms with Crippen LogP contribution in [-0.4, -0.2) is 14.4 Å². The highest BCUT2D eigenvalue weighted by molar-refractivity contribution is 6.28. The van der Waals surface area contributed by atoms with Crippen LogP contribution in [0.15, 0.2) is 60.9 Å². The monoisotopic (exact) mass is 452 g/mol. The summed E-state index contributed by atoms with van der Waals surface area (Å²) in [4.78, 5) is 9.42. The molecule has 0 amide bonds. The van der Waals surface area contributed by atoms with E-state index >= 15 is 0 Å². The number of nitriles is 1. The summed E-state index contributed by atoms with van der Waals surface area (Å²) in [6.45, 7) is 9.07. The van der Waals surface area contributed by atoms with Crippen molar-refractivity contribution in [3.63, 3.8) is 0 Å². The van der Waals surface area contributed by atoms with Gasteiger partial charge in [-0.2, -0.15) is 5.26 Å². The number of benzene rings is 4. The maximum Gasteiger partial charge on any atom is 0.116 e. The van der Waals surface area contributed by atoms with Gasteiger partial charge < -0.3 is 4.40 Å². The molecule has 4 nitrogen and oxygen atoms in total. The molecule has 0 aliphatic heterocycles. The smallest absolute Gasteiger partial charge is 0.116 e. The Labute approximate surface area is 202 Å². The maximum atomic E-state index is 9.55. The standard InChI is InChI=1S/C31H24N4/c1-17-21-7-5-18(14-31(2,3)4)11-20(21)13-24-28-27-25(33-16-34-28)9-8-22-23-12-19(15-32)6-10-26(23)35(29(17)24)30(22)27/h5-13,16H,14H2,1-4H3. The molecule has 0 spiro atoms. The van der Waals surface area contributed by atoms with E-state index in [0.29, 0.717) is 5.56 Å². The first kappa shape index (κ1) is 20.2. The van der Waals surface area contributed by atoms with Crippen LogP contribution in [0.4, 0.5) is 0 Å². The fourth-order valence-corrected chi connectivity index (χ4v) is 5.98. The van der Waals surface area contributed by atoms with Crippen LogP contribution in [-0.2, 0) is 6.42 Å². The topological polar surface area (TPSA) is 54.0 Å². The highest BCUT2D eigenvalue weighted by Crippen LogP contribution is 2.42. The third-order valence-corrected chi connectivity index (χ3v) is 7.30. The number of rotatable bonds is 1. The lowest BCUT2D eigenvalue weighted by Crippen LogP contribution is -2.09. The molecule has 0 aliphatic rings. The molecule has 168 valence electrons. The molecule has 0 unspecified atom stereocenters. The first-order chi connectivity index (χ1) is 16.8. The number of hydrogen-bond donors (Lipinski definition) is 0. The Bertz CT molecular complexity index is 2030. The molecule has 0 bridgehead atoms. The fraction of sp³-hybridized carbons (Fsp3) is 0.194. The van der Waals surface area contributed by atoms with Crippen molar-refractivity contribution in [1.82, 2.24) is 14.4 Å². The summed E-state index contributed by atoms with van der Waals surface area (Å²) < 4.78 is 2.37. The first-order valence-corrected chi connectivity index (χ1v) is 12.0. The van der Waals surface area contributed by atoms with Gasteiger partial charge in [-0.1, -0.05) is 39.0 Å². The second-order valence-electron chi connectivity index (χ2n) is 10.9. The van der Waals surface area contributed by atoms with Crippen LogP contribution in [0.3, 0.4) is 0 Å². The zero-order chi connectivity index (χ0) is 24.1. The van der Waals surface area contributed by atoms with Crippen molar-refractivity contribution in [2.24, 2.45) is 5.41 Å². The average molecular weight is 453 g/mol. The van der Waals surface area contributed by atoms with Crippen molar-refractivity contribution in [2.45, 2.75) is 34.1 Å². The summed E-state index contributed by atoms with van der Waals surface area (Å²) in [5, 5.41) is 16.5. The van der Waals surface area contributed by atoms with Crippen molar-refractivity contribution in [3.05, 3.63) is 77.6 Å². The number of aromatic nitrogens is 3. The van der Waals surface area contributed by atoms with Crippen LogP contribution in [0.1, 0.15) is 37.5 Å². The number of nitrogens with zero attached hydrogens (tertiary/aromatic N) is 4. The number of hydrogen-bond acceptors (Lipinski definition) is 3. The van der Waals surface area contributed by atoms with E-state index in [2.05, 4.69) is 85.6 Å². The Hall–Kier alpha value is -4.23. The Morgan fingerprint density at radius 2 is 1.69 bits per heavy atom. The van der Waals surface area contributed by atoms with Gasteiger partial charge in [-0.3, -0.25) is 0 Å². The van der Waals surface area contributed by atoms with Gasteiger partial charge in [-0.05, 0) is 77.1 Å². The summed E-state index contributed by atoms with van der Waals surface area (Å²) >= 11 is 0. The third kappa shape index (κ3) is 2.73. The molecule has 0 fully saturated rings. The molecule has 4 aromatic carbocycles. The molecule has 0 saturated carbocycles. The molecule has 0 radical (unpaired) electrons. The van der Waals surface area contributed by atoms with Crippen molar-refractivity contribution in [2.75, 3.05) is 0 Å². The number of fused-ring (bicyclic) bond motifs is 7. The summed E-state index contributed by atoms with van der Waals surface area (Å²) in [6, 6.07) is 21.7. The Kier molecular flexibility index (Phi) is 3.85. The Morgan fingerprint density at radius 1 is 0.857 bits per heavy atom. The van der Waals surface area contributed by atoms with E-state index in [1.165, 1.54) is 27.4 Å².